The molecule has 0 aliphatic carbocycles. The summed E-state index contributed by atoms with van der Waals surface area (Å²) in [6.45, 7) is 3.36. The minimum atomic E-state index is -3.97. The topological polar surface area (TPSA) is 75.7 Å². The van der Waals surface area contributed by atoms with Gasteiger partial charge in [-0.3, -0.25) is 9.52 Å². The summed E-state index contributed by atoms with van der Waals surface area (Å²) in [6, 6.07) is 13.5. The second kappa shape index (κ2) is 9.58. The lowest BCUT2D eigenvalue weighted by Crippen LogP contribution is -2.30. The first kappa shape index (κ1) is 24.2. The van der Waals surface area contributed by atoms with Crippen molar-refractivity contribution in [1.29, 1.82) is 0 Å². The van der Waals surface area contributed by atoms with Crippen LogP contribution in [0.2, 0.25) is 0 Å². The second-order valence-electron chi connectivity index (χ2n) is 7.58. The van der Waals surface area contributed by atoms with Crippen LogP contribution in [0.4, 0.5) is 14.5 Å². The van der Waals surface area contributed by atoms with Gasteiger partial charge in [-0.2, -0.15) is 0 Å². The van der Waals surface area contributed by atoms with Gasteiger partial charge in [0.2, 0.25) is 0 Å². The van der Waals surface area contributed by atoms with E-state index in [9.17, 15) is 22.0 Å². The molecule has 0 radical (unpaired) electrons. The van der Waals surface area contributed by atoms with Gasteiger partial charge in [0, 0.05) is 18.3 Å². The lowest BCUT2D eigenvalue weighted by molar-refractivity contribution is 0.0741. The van der Waals surface area contributed by atoms with Crippen molar-refractivity contribution in [2.24, 2.45) is 0 Å². The number of halogens is 2. The zero-order chi connectivity index (χ0) is 24.3. The molecule has 0 heterocycles. The number of rotatable bonds is 7. The third-order valence-corrected chi connectivity index (χ3v) is 6.80. The minimum absolute atomic E-state index is 0.0823. The van der Waals surface area contributed by atoms with E-state index in [-0.39, 0.29) is 10.5 Å². The van der Waals surface area contributed by atoms with Crippen LogP contribution in [0.1, 0.15) is 34.5 Å². The molecule has 3 aromatic rings. The molecule has 0 saturated carbocycles. The first-order valence-electron chi connectivity index (χ1n) is 10.0. The Bertz CT molecular complexity index is 1280. The molecule has 0 aliphatic heterocycles. The highest BCUT2D eigenvalue weighted by Crippen LogP contribution is 2.26. The summed E-state index contributed by atoms with van der Waals surface area (Å²) in [7, 11) is -0.940. The molecule has 1 unspecified atom stereocenters. The van der Waals surface area contributed by atoms with E-state index in [0.717, 1.165) is 12.1 Å². The third-order valence-electron chi connectivity index (χ3n) is 5.42. The zero-order valence-electron chi connectivity index (χ0n) is 18.6. The number of anilines is 1. The average molecular weight is 475 g/mol. The SMILES string of the molecule is COc1ccc(NS(=O)(=O)c2ccc(C)c(C(=O)N(C)C(C)c3ccc(F)c(F)c3)c2)cc1. The van der Waals surface area contributed by atoms with E-state index in [1.807, 2.05) is 0 Å². The van der Waals surface area contributed by atoms with E-state index in [0.29, 0.717) is 22.6 Å². The van der Waals surface area contributed by atoms with E-state index < -0.39 is 33.6 Å². The molecular weight excluding hydrogens is 450 g/mol. The maximum Gasteiger partial charge on any atom is 0.261 e. The summed E-state index contributed by atoms with van der Waals surface area (Å²) < 4.78 is 60.2. The molecular formula is C24H24F2N2O4S. The van der Waals surface area contributed by atoms with Crippen molar-refractivity contribution in [2.45, 2.75) is 24.8 Å². The van der Waals surface area contributed by atoms with Crippen LogP contribution in [0.25, 0.3) is 0 Å². The molecule has 9 heteroatoms. The van der Waals surface area contributed by atoms with Gasteiger partial charge in [-0.1, -0.05) is 12.1 Å². The predicted octanol–water partition coefficient (Wildman–Crippen LogP) is 4.92. The fraction of sp³-hybridized carbons (Fsp3) is 0.208. The van der Waals surface area contributed by atoms with Gasteiger partial charge in [0.05, 0.1) is 18.0 Å². The van der Waals surface area contributed by atoms with Crippen LogP contribution in [-0.4, -0.2) is 33.4 Å². The normalized spacial score (nSPS) is 12.2. The standard InChI is InChI=1S/C24H24F2N2O4S/c1-15-5-11-20(33(30,31)27-18-7-9-19(32-4)10-8-18)14-21(15)24(29)28(3)16(2)17-6-12-22(25)23(26)13-17/h5-14,16,27H,1-4H3. The van der Waals surface area contributed by atoms with Crippen LogP contribution < -0.4 is 9.46 Å². The summed E-state index contributed by atoms with van der Waals surface area (Å²) in [5.41, 5.74) is 1.51. The number of nitrogens with zero attached hydrogens (tertiary/aromatic N) is 1. The van der Waals surface area contributed by atoms with Crippen LogP contribution in [-0.2, 0) is 10.0 Å². The lowest BCUT2D eigenvalue weighted by Gasteiger charge is -2.26. The fourth-order valence-electron chi connectivity index (χ4n) is 3.23. The van der Waals surface area contributed by atoms with Crippen molar-refractivity contribution in [2.75, 3.05) is 18.9 Å². The molecule has 1 atom stereocenters. The third kappa shape index (κ3) is 5.31. The molecule has 1 amide bonds. The second-order valence-corrected chi connectivity index (χ2v) is 9.26. The number of amides is 1. The fourth-order valence-corrected chi connectivity index (χ4v) is 4.32. The molecule has 1 N–H and O–H groups in total. The van der Waals surface area contributed by atoms with Crippen molar-refractivity contribution < 1.29 is 26.7 Å². The molecule has 3 rings (SSSR count). The first-order chi connectivity index (χ1) is 15.5. The molecule has 0 aliphatic rings. The number of benzene rings is 3. The molecule has 174 valence electrons. The van der Waals surface area contributed by atoms with Gasteiger partial charge in [0.1, 0.15) is 5.75 Å². The quantitative estimate of drug-likeness (QED) is 0.528. The zero-order valence-corrected chi connectivity index (χ0v) is 19.4. The maximum atomic E-state index is 13.6. The number of nitrogens with one attached hydrogen (secondary N) is 1. The summed E-state index contributed by atoms with van der Waals surface area (Å²) in [6.07, 6.45) is 0. The Kier molecular flexibility index (Phi) is 7.02. The summed E-state index contributed by atoms with van der Waals surface area (Å²) in [4.78, 5) is 14.4. The first-order valence-corrected chi connectivity index (χ1v) is 11.5. The van der Waals surface area contributed by atoms with Gasteiger partial charge in [-0.15, -0.1) is 0 Å². The van der Waals surface area contributed by atoms with E-state index >= 15 is 0 Å². The minimum Gasteiger partial charge on any atom is -0.497 e. The number of sulfonamides is 1. The molecule has 6 nitrogen and oxygen atoms in total. The Balaban J connectivity index is 1.87. The van der Waals surface area contributed by atoms with Gasteiger partial charge in [0.15, 0.2) is 11.6 Å². The van der Waals surface area contributed by atoms with Gasteiger partial charge >= 0.3 is 0 Å². The summed E-state index contributed by atoms with van der Waals surface area (Å²) >= 11 is 0. The van der Waals surface area contributed by atoms with Gasteiger partial charge in [0.25, 0.3) is 15.9 Å². The number of carbonyl (C=O) groups is 1. The van der Waals surface area contributed by atoms with Crippen molar-refractivity contribution in [3.63, 3.8) is 0 Å². The Morgan fingerprint density at radius 3 is 2.27 bits per heavy atom. The summed E-state index contributed by atoms with van der Waals surface area (Å²) in [5.74, 6) is -1.85. The highest BCUT2D eigenvalue weighted by atomic mass is 32.2. The van der Waals surface area contributed by atoms with Gasteiger partial charge in [-0.25, -0.2) is 17.2 Å². The van der Waals surface area contributed by atoms with Crippen molar-refractivity contribution in [3.05, 3.63) is 89.0 Å². The number of hydrogen-bond acceptors (Lipinski definition) is 4. The van der Waals surface area contributed by atoms with Crippen molar-refractivity contribution in [1.82, 2.24) is 4.90 Å². The van der Waals surface area contributed by atoms with Crippen molar-refractivity contribution in [3.8, 4) is 5.75 Å². The van der Waals surface area contributed by atoms with Crippen LogP contribution in [0, 0.1) is 18.6 Å². The molecule has 0 fully saturated rings. The molecule has 0 bridgehead atoms. The highest BCUT2D eigenvalue weighted by molar-refractivity contribution is 7.92. The van der Waals surface area contributed by atoms with E-state index in [1.165, 1.54) is 37.3 Å². The number of aryl methyl sites for hydroxylation is 1. The number of hydrogen-bond donors (Lipinski definition) is 1. The molecule has 3 aromatic carbocycles. The van der Waals surface area contributed by atoms with Gasteiger partial charge in [-0.05, 0) is 73.5 Å². The molecule has 0 saturated heterocycles. The monoisotopic (exact) mass is 474 g/mol. The Morgan fingerprint density at radius 2 is 1.67 bits per heavy atom. The summed E-state index contributed by atoms with van der Waals surface area (Å²) in [5, 5.41) is 0. The van der Waals surface area contributed by atoms with Crippen molar-refractivity contribution >= 4 is 21.6 Å². The van der Waals surface area contributed by atoms with Crippen LogP contribution >= 0.6 is 0 Å². The Morgan fingerprint density at radius 1 is 1.00 bits per heavy atom. The average Bonchev–Trinajstić information content (AvgIpc) is 2.80. The number of ether oxygens (including phenoxy) is 1. The molecule has 33 heavy (non-hydrogen) atoms. The smallest absolute Gasteiger partial charge is 0.261 e. The highest BCUT2D eigenvalue weighted by Gasteiger charge is 2.24. The molecule has 0 spiro atoms. The lowest BCUT2D eigenvalue weighted by atomic mass is 10.0. The molecule has 0 aromatic heterocycles. The van der Waals surface area contributed by atoms with Crippen LogP contribution in [0.5, 0.6) is 5.75 Å². The Hall–Kier alpha value is -3.46. The van der Waals surface area contributed by atoms with Crippen LogP contribution in [0.3, 0.4) is 0 Å². The number of methoxy groups -OCH3 is 1. The van der Waals surface area contributed by atoms with E-state index in [1.54, 1.807) is 44.2 Å². The number of carbonyl (C=O) groups excluding carboxylic acids is 1. The van der Waals surface area contributed by atoms with E-state index in [4.69, 9.17) is 4.74 Å². The van der Waals surface area contributed by atoms with Crippen LogP contribution in [0.15, 0.2) is 65.6 Å². The predicted molar refractivity (Wildman–Crippen MR) is 122 cm³/mol. The van der Waals surface area contributed by atoms with E-state index in [2.05, 4.69) is 4.72 Å². The maximum absolute atomic E-state index is 13.6. The largest absolute Gasteiger partial charge is 0.497 e. The Labute approximate surface area is 191 Å². The van der Waals surface area contributed by atoms with Gasteiger partial charge < -0.3 is 9.64 Å².